The molecular weight excluding hydrogens is 335 g/mol. The number of amides is 1. The summed E-state index contributed by atoms with van der Waals surface area (Å²) in [6.07, 6.45) is 0. The van der Waals surface area contributed by atoms with Crippen LogP contribution < -0.4 is 11.1 Å². The van der Waals surface area contributed by atoms with Crippen molar-refractivity contribution in [3.8, 4) is 0 Å². The molecule has 0 bridgehead atoms. The van der Waals surface area contributed by atoms with Crippen molar-refractivity contribution in [1.29, 1.82) is 0 Å². The van der Waals surface area contributed by atoms with Gasteiger partial charge in [-0.25, -0.2) is 0 Å². The number of anilines is 1. The first-order chi connectivity index (χ1) is 9.40. The van der Waals surface area contributed by atoms with Crippen LogP contribution in [0.5, 0.6) is 0 Å². The molecule has 0 saturated carbocycles. The first kappa shape index (κ1) is 15.3. The summed E-state index contributed by atoms with van der Waals surface area (Å²) in [5.74, 6) is -0.310. The van der Waals surface area contributed by atoms with E-state index in [9.17, 15) is 4.79 Å². The second-order valence-electron chi connectivity index (χ2n) is 4.07. The highest BCUT2D eigenvalue weighted by molar-refractivity contribution is 7.80. The zero-order valence-electron chi connectivity index (χ0n) is 10.4. The van der Waals surface area contributed by atoms with Crippen LogP contribution in [0.25, 0.3) is 0 Å². The molecular formula is C13H10Cl2N2OS2. The molecule has 2 aromatic rings. The van der Waals surface area contributed by atoms with Gasteiger partial charge in [-0.2, -0.15) is 0 Å². The maximum atomic E-state index is 12.2. The Labute approximate surface area is 135 Å². The zero-order chi connectivity index (χ0) is 14.9. The van der Waals surface area contributed by atoms with E-state index in [0.29, 0.717) is 26.2 Å². The molecule has 104 valence electrons. The summed E-state index contributed by atoms with van der Waals surface area (Å²) >= 11 is 18.3. The summed E-state index contributed by atoms with van der Waals surface area (Å²) < 4.78 is 0. The van der Waals surface area contributed by atoms with Crippen LogP contribution in [0.2, 0.25) is 10.0 Å². The molecule has 3 N–H and O–H groups in total. The Morgan fingerprint density at radius 1 is 1.40 bits per heavy atom. The minimum atomic E-state index is -0.310. The summed E-state index contributed by atoms with van der Waals surface area (Å²) in [6, 6.07) is 4.96. The van der Waals surface area contributed by atoms with Crippen LogP contribution in [0.15, 0.2) is 23.6 Å². The van der Waals surface area contributed by atoms with Crippen molar-refractivity contribution in [2.45, 2.75) is 6.92 Å². The van der Waals surface area contributed by atoms with Gasteiger partial charge in [0.15, 0.2) is 0 Å². The summed E-state index contributed by atoms with van der Waals surface area (Å²) in [5, 5.41) is 5.40. The molecule has 0 unspecified atom stereocenters. The average Bonchev–Trinajstić information content (AvgIpc) is 2.72. The predicted octanol–water partition coefficient (Wildman–Crippen LogP) is 4.25. The van der Waals surface area contributed by atoms with Crippen molar-refractivity contribution in [3.05, 3.63) is 49.6 Å². The lowest BCUT2D eigenvalue weighted by Gasteiger charge is -2.08. The van der Waals surface area contributed by atoms with Crippen molar-refractivity contribution in [2.24, 2.45) is 5.73 Å². The van der Waals surface area contributed by atoms with E-state index in [1.165, 1.54) is 11.3 Å². The molecule has 0 spiro atoms. The maximum absolute atomic E-state index is 12.2. The Kier molecular flexibility index (Phi) is 4.65. The lowest BCUT2D eigenvalue weighted by atomic mass is 10.2. The Morgan fingerprint density at radius 2 is 2.10 bits per heavy atom. The number of carbonyl (C=O) groups excluding carboxylic acids is 1. The van der Waals surface area contributed by atoms with Crippen LogP contribution in [0.3, 0.4) is 0 Å². The molecule has 1 aromatic heterocycles. The van der Waals surface area contributed by atoms with Gasteiger partial charge in [-0.3, -0.25) is 4.79 Å². The number of nitrogens with two attached hydrogens (primary N) is 1. The van der Waals surface area contributed by atoms with Gasteiger partial charge in [0.05, 0.1) is 15.7 Å². The minimum Gasteiger partial charge on any atom is -0.389 e. The molecule has 20 heavy (non-hydrogen) atoms. The van der Waals surface area contributed by atoms with E-state index in [1.54, 1.807) is 18.2 Å². The minimum absolute atomic E-state index is 0.238. The van der Waals surface area contributed by atoms with Gasteiger partial charge < -0.3 is 11.1 Å². The van der Waals surface area contributed by atoms with Gasteiger partial charge in [0, 0.05) is 5.56 Å². The zero-order valence-corrected chi connectivity index (χ0v) is 13.5. The van der Waals surface area contributed by atoms with E-state index in [2.05, 4.69) is 5.32 Å². The molecule has 1 heterocycles. The van der Waals surface area contributed by atoms with Crippen LogP contribution in [0.1, 0.15) is 20.8 Å². The van der Waals surface area contributed by atoms with Gasteiger partial charge in [-0.05, 0) is 30.0 Å². The van der Waals surface area contributed by atoms with Gasteiger partial charge in [0.25, 0.3) is 5.91 Å². The smallest absolute Gasteiger partial charge is 0.267 e. The van der Waals surface area contributed by atoms with Crippen LogP contribution in [-0.4, -0.2) is 10.9 Å². The van der Waals surface area contributed by atoms with Crippen molar-refractivity contribution in [3.63, 3.8) is 0 Å². The topological polar surface area (TPSA) is 55.1 Å². The van der Waals surface area contributed by atoms with Gasteiger partial charge in [-0.1, -0.05) is 41.5 Å². The number of rotatable bonds is 3. The van der Waals surface area contributed by atoms with Gasteiger partial charge in [0.2, 0.25) is 0 Å². The third kappa shape index (κ3) is 3.12. The van der Waals surface area contributed by atoms with Gasteiger partial charge in [0.1, 0.15) is 9.87 Å². The van der Waals surface area contributed by atoms with Gasteiger partial charge >= 0.3 is 0 Å². The molecule has 0 radical (unpaired) electrons. The van der Waals surface area contributed by atoms with Crippen molar-refractivity contribution in [2.75, 3.05) is 5.32 Å². The third-order valence-electron chi connectivity index (χ3n) is 2.60. The van der Waals surface area contributed by atoms with Crippen LogP contribution >= 0.6 is 46.8 Å². The molecule has 3 nitrogen and oxygen atoms in total. The fraction of sp³-hybridized carbons (Fsp3) is 0.0769. The number of halogens is 2. The highest BCUT2D eigenvalue weighted by Gasteiger charge is 2.16. The largest absolute Gasteiger partial charge is 0.389 e. The Bertz CT molecular complexity index is 698. The Balaban J connectivity index is 2.30. The lowest BCUT2D eigenvalue weighted by Crippen LogP contribution is -2.13. The molecule has 1 aromatic carbocycles. The summed E-state index contributed by atoms with van der Waals surface area (Å²) in [4.78, 5) is 12.9. The molecule has 0 fully saturated rings. The fourth-order valence-electron chi connectivity index (χ4n) is 1.54. The van der Waals surface area contributed by atoms with Crippen LogP contribution in [0.4, 0.5) is 5.69 Å². The highest BCUT2D eigenvalue weighted by Crippen LogP contribution is 2.29. The second kappa shape index (κ2) is 6.10. The van der Waals surface area contributed by atoms with Gasteiger partial charge in [-0.15, -0.1) is 11.3 Å². The second-order valence-corrected chi connectivity index (χ2v) is 6.18. The number of thiocarbonyl (C=S) groups is 1. The predicted molar refractivity (Wildman–Crippen MR) is 89.4 cm³/mol. The summed E-state index contributed by atoms with van der Waals surface area (Å²) in [5.41, 5.74) is 7.51. The number of hydrogen-bond acceptors (Lipinski definition) is 3. The van der Waals surface area contributed by atoms with Crippen LogP contribution in [0, 0.1) is 6.92 Å². The number of thiophene rings is 1. The summed E-state index contributed by atoms with van der Waals surface area (Å²) in [7, 11) is 0. The van der Waals surface area contributed by atoms with Crippen molar-refractivity contribution >= 4 is 63.3 Å². The molecule has 0 atom stereocenters. The quantitative estimate of drug-likeness (QED) is 0.818. The maximum Gasteiger partial charge on any atom is 0.267 e. The van der Waals surface area contributed by atoms with Crippen LogP contribution in [-0.2, 0) is 0 Å². The number of hydrogen-bond donors (Lipinski definition) is 2. The highest BCUT2D eigenvalue weighted by atomic mass is 35.5. The molecule has 2 rings (SSSR count). The van der Waals surface area contributed by atoms with Crippen molar-refractivity contribution in [1.82, 2.24) is 0 Å². The van der Waals surface area contributed by atoms with E-state index < -0.39 is 0 Å². The molecule has 0 aliphatic heterocycles. The molecule has 1 amide bonds. The third-order valence-corrected chi connectivity index (χ3v) is 4.87. The first-order valence-corrected chi connectivity index (χ1v) is 7.59. The van der Waals surface area contributed by atoms with E-state index >= 15 is 0 Å². The Morgan fingerprint density at radius 3 is 2.65 bits per heavy atom. The number of carbonyl (C=O) groups is 1. The fourth-order valence-corrected chi connectivity index (χ4v) is 3.00. The molecule has 0 saturated heterocycles. The van der Waals surface area contributed by atoms with E-state index in [1.807, 2.05) is 12.3 Å². The Hall–Kier alpha value is -1.14. The molecule has 0 aliphatic carbocycles. The standard InChI is InChI=1S/C13H10Cl2N2OS2/c1-6-5-20-11(10(6)15)13(18)17-9-4-7(12(16)19)2-3-8(9)14/h2-5H,1H3,(H2,16,19)(H,17,18). The molecule has 0 aliphatic rings. The van der Waals surface area contributed by atoms with E-state index in [0.717, 1.165) is 5.56 Å². The first-order valence-electron chi connectivity index (χ1n) is 5.54. The lowest BCUT2D eigenvalue weighted by molar-refractivity contribution is 0.103. The monoisotopic (exact) mass is 344 g/mol. The SMILES string of the molecule is Cc1csc(C(=O)Nc2cc(C(N)=S)ccc2Cl)c1Cl. The van der Waals surface area contributed by atoms with E-state index in [4.69, 9.17) is 41.2 Å². The average molecular weight is 345 g/mol. The number of aryl methyl sites for hydroxylation is 1. The number of nitrogens with one attached hydrogen (secondary N) is 1. The molecule has 7 heteroatoms. The summed E-state index contributed by atoms with van der Waals surface area (Å²) in [6.45, 7) is 1.84. The van der Waals surface area contributed by atoms with E-state index in [-0.39, 0.29) is 10.9 Å². The normalized spacial score (nSPS) is 10.3. The number of benzene rings is 1. The van der Waals surface area contributed by atoms with Crippen molar-refractivity contribution < 1.29 is 4.79 Å².